The standard InChI is InChI=1S/C32H36Cl2N2O3/c1-22-10-9-15-30(23(22)2)39-21-31(37)36(20-25-16-17-26(33)19-28(25)34)29(18-24-11-5-3-6-12-24)32(38)35-27-13-7-4-8-14-27/h3,5-6,9-12,15-17,19,27,29H,4,7-8,13-14,18,20-21H2,1-2H3,(H,35,38)/t29-/m1/s1. The highest BCUT2D eigenvalue weighted by molar-refractivity contribution is 6.35. The van der Waals surface area contributed by atoms with Gasteiger partial charge in [-0.15, -0.1) is 0 Å². The molecule has 4 rings (SSSR count). The molecule has 0 radical (unpaired) electrons. The van der Waals surface area contributed by atoms with Gasteiger partial charge in [0.25, 0.3) is 5.91 Å². The Balaban J connectivity index is 1.65. The van der Waals surface area contributed by atoms with E-state index in [0.29, 0.717) is 27.8 Å². The van der Waals surface area contributed by atoms with Gasteiger partial charge in [0.1, 0.15) is 11.8 Å². The largest absolute Gasteiger partial charge is 0.483 e. The third-order valence-electron chi connectivity index (χ3n) is 7.48. The van der Waals surface area contributed by atoms with Crippen molar-refractivity contribution in [2.24, 2.45) is 0 Å². The molecule has 5 nitrogen and oxygen atoms in total. The molecular formula is C32H36Cl2N2O3. The van der Waals surface area contributed by atoms with Crippen molar-refractivity contribution < 1.29 is 14.3 Å². The quantitative estimate of drug-likeness (QED) is 0.285. The Morgan fingerprint density at radius 3 is 2.44 bits per heavy atom. The lowest BCUT2D eigenvalue weighted by Gasteiger charge is -2.33. The average Bonchev–Trinajstić information content (AvgIpc) is 2.93. The Morgan fingerprint density at radius 1 is 0.974 bits per heavy atom. The van der Waals surface area contributed by atoms with Crippen LogP contribution >= 0.6 is 23.2 Å². The number of nitrogens with one attached hydrogen (secondary N) is 1. The topological polar surface area (TPSA) is 58.6 Å². The van der Waals surface area contributed by atoms with Crippen molar-refractivity contribution in [3.05, 3.63) is 99.0 Å². The molecule has 206 valence electrons. The van der Waals surface area contributed by atoms with Crippen LogP contribution in [0.4, 0.5) is 0 Å². The molecule has 3 aromatic carbocycles. The second-order valence-corrected chi connectivity index (χ2v) is 11.1. The zero-order valence-corrected chi connectivity index (χ0v) is 24.1. The molecule has 1 saturated carbocycles. The molecule has 0 spiro atoms. The summed E-state index contributed by atoms with van der Waals surface area (Å²) >= 11 is 12.7. The number of hydrogen-bond donors (Lipinski definition) is 1. The summed E-state index contributed by atoms with van der Waals surface area (Å²) in [5.74, 6) is 0.205. The summed E-state index contributed by atoms with van der Waals surface area (Å²) in [4.78, 5) is 29.3. The smallest absolute Gasteiger partial charge is 0.261 e. The summed E-state index contributed by atoms with van der Waals surface area (Å²) in [5.41, 5.74) is 3.74. The normalized spacial score (nSPS) is 14.5. The van der Waals surface area contributed by atoms with Crippen molar-refractivity contribution in [2.45, 2.75) is 71.0 Å². The van der Waals surface area contributed by atoms with E-state index in [9.17, 15) is 9.59 Å². The van der Waals surface area contributed by atoms with Crippen molar-refractivity contribution in [3.63, 3.8) is 0 Å². The second kappa shape index (κ2) is 13.9. The Hall–Kier alpha value is -3.02. The van der Waals surface area contributed by atoms with E-state index in [1.54, 1.807) is 23.1 Å². The third kappa shape index (κ3) is 8.00. The molecule has 0 unspecified atom stereocenters. The molecule has 2 amide bonds. The van der Waals surface area contributed by atoms with Crippen LogP contribution in [0.5, 0.6) is 5.75 Å². The Kier molecular flexibility index (Phi) is 10.3. The number of nitrogens with zero attached hydrogens (tertiary/aromatic N) is 1. The van der Waals surface area contributed by atoms with Gasteiger partial charge < -0.3 is 15.0 Å². The predicted octanol–water partition coefficient (Wildman–Crippen LogP) is 7.08. The van der Waals surface area contributed by atoms with Crippen LogP contribution in [-0.2, 0) is 22.6 Å². The van der Waals surface area contributed by atoms with E-state index in [-0.39, 0.29) is 31.0 Å². The first-order chi connectivity index (χ1) is 18.8. The maximum absolute atomic E-state index is 13.9. The molecule has 1 atom stereocenters. The van der Waals surface area contributed by atoms with Crippen LogP contribution < -0.4 is 10.1 Å². The fraction of sp³-hybridized carbons (Fsp3) is 0.375. The van der Waals surface area contributed by atoms with Crippen LogP contribution in [0.15, 0.2) is 66.7 Å². The number of rotatable bonds is 10. The first-order valence-electron chi connectivity index (χ1n) is 13.6. The van der Waals surface area contributed by atoms with Crippen LogP contribution in [0.2, 0.25) is 10.0 Å². The van der Waals surface area contributed by atoms with Crippen LogP contribution in [-0.4, -0.2) is 35.4 Å². The highest BCUT2D eigenvalue weighted by atomic mass is 35.5. The van der Waals surface area contributed by atoms with Gasteiger partial charge in [0.15, 0.2) is 6.61 Å². The summed E-state index contributed by atoms with van der Waals surface area (Å²) in [5, 5.41) is 4.20. The maximum Gasteiger partial charge on any atom is 0.261 e. The average molecular weight is 568 g/mol. The SMILES string of the molecule is Cc1cccc(OCC(=O)N(Cc2ccc(Cl)cc2Cl)[C@H](Cc2ccccc2)C(=O)NC2CCCCC2)c1C. The molecule has 1 N–H and O–H groups in total. The predicted molar refractivity (Wildman–Crippen MR) is 157 cm³/mol. The number of carbonyl (C=O) groups excluding carboxylic acids is 2. The summed E-state index contributed by atoms with van der Waals surface area (Å²) in [6, 6.07) is 20.1. The van der Waals surface area contributed by atoms with Crippen molar-refractivity contribution >= 4 is 35.0 Å². The van der Waals surface area contributed by atoms with Crippen molar-refractivity contribution in [2.75, 3.05) is 6.61 Å². The van der Waals surface area contributed by atoms with Crippen LogP contribution in [0, 0.1) is 13.8 Å². The van der Waals surface area contributed by atoms with E-state index in [2.05, 4.69) is 5.32 Å². The Bertz CT molecular complexity index is 1280. The molecule has 0 aliphatic heterocycles. The summed E-state index contributed by atoms with van der Waals surface area (Å²) in [6.45, 7) is 3.93. The number of hydrogen-bond acceptors (Lipinski definition) is 3. The molecule has 0 aromatic heterocycles. The van der Waals surface area contributed by atoms with Crippen molar-refractivity contribution in [1.82, 2.24) is 10.2 Å². The number of aryl methyl sites for hydroxylation is 1. The van der Waals surface area contributed by atoms with Gasteiger partial charge in [-0.2, -0.15) is 0 Å². The minimum atomic E-state index is -0.740. The zero-order valence-electron chi connectivity index (χ0n) is 22.6. The van der Waals surface area contributed by atoms with Gasteiger partial charge in [-0.3, -0.25) is 9.59 Å². The van der Waals surface area contributed by atoms with Gasteiger partial charge in [-0.25, -0.2) is 0 Å². The third-order valence-corrected chi connectivity index (χ3v) is 8.07. The molecule has 1 aliphatic rings. The van der Waals surface area contributed by atoms with Gasteiger partial charge in [0.2, 0.25) is 5.91 Å². The summed E-state index contributed by atoms with van der Waals surface area (Å²) in [7, 11) is 0. The molecule has 3 aromatic rings. The molecule has 1 aliphatic carbocycles. The highest BCUT2D eigenvalue weighted by Gasteiger charge is 2.32. The number of amides is 2. The van der Waals surface area contributed by atoms with Crippen LogP contribution in [0.25, 0.3) is 0 Å². The van der Waals surface area contributed by atoms with Gasteiger partial charge in [0.05, 0.1) is 0 Å². The van der Waals surface area contributed by atoms with Gasteiger partial charge in [0, 0.05) is 29.1 Å². The van der Waals surface area contributed by atoms with Crippen molar-refractivity contribution in [1.29, 1.82) is 0 Å². The zero-order chi connectivity index (χ0) is 27.8. The van der Waals surface area contributed by atoms with Crippen LogP contribution in [0.1, 0.15) is 54.4 Å². The molecule has 0 bridgehead atoms. The summed E-state index contributed by atoms with van der Waals surface area (Å²) in [6.07, 6.45) is 5.67. The van der Waals surface area contributed by atoms with Crippen LogP contribution in [0.3, 0.4) is 0 Å². The number of ether oxygens (including phenoxy) is 1. The van der Waals surface area contributed by atoms with Gasteiger partial charge in [-0.1, -0.05) is 91.0 Å². The van der Waals surface area contributed by atoms with E-state index in [1.165, 1.54) is 6.42 Å². The molecule has 7 heteroatoms. The summed E-state index contributed by atoms with van der Waals surface area (Å²) < 4.78 is 6.00. The number of benzene rings is 3. The van der Waals surface area contributed by atoms with Crippen molar-refractivity contribution in [3.8, 4) is 5.75 Å². The van der Waals surface area contributed by atoms with E-state index in [0.717, 1.165) is 42.4 Å². The Morgan fingerprint density at radius 2 is 1.72 bits per heavy atom. The molecule has 0 saturated heterocycles. The molecular weight excluding hydrogens is 531 g/mol. The van der Waals surface area contributed by atoms with E-state index in [4.69, 9.17) is 27.9 Å². The molecule has 39 heavy (non-hydrogen) atoms. The molecule has 1 fully saturated rings. The maximum atomic E-state index is 13.9. The monoisotopic (exact) mass is 566 g/mol. The molecule has 0 heterocycles. The fourth-order valence-corrected chi connectivity index (χ4v) is 5.50. The first kappa shape index (κ1) is 29.0. The number of halogens is 2. The lowest BCUT2D eigenvalue weighted by Crippen LogP contribution is -2.53. The first-order valence-corrected chi connectivity index (χ1v) is 14.3. The Labute approximate surface area is 241 Å². The van der Waals surface area contributed by atoms with Gasteiger partial charge in [-0.05, 0) is 67.1 Å². The minimum absolute atomic E-state index is 0.117. The van der Waals surface area contributed by atoms with E-state index >= 15 is 0 Å². The lowest BCUT2D eigenvalue weighted by molar-refractivity contribution is -0.143. The highest BCUT2D eigenvalue weighted by Crippen LogP contribution is 2.26. The second-order valence-electron chi connectivity index (χ2n) is 10.3. The van der Waals surface area contributed by atoms with Gasteiger partial charge >= 0.3 is 0 Å². The fourth-order valence-electron chi connectivity index (χ4n) is 5.03. The number of carbonyl (C=O) groups is 2. The van der Waals surface area contributed by atoms with E-state index < -0.39 is 6.04 Å². The lowest BCUT2D eigenvalue weighted by atomic mass is 9.94. The van der Waals surface area contributed by atoms with E-state index in [1.807, 2.05) is 62.4 Å². The minimum Gasteiger partial charge on any atom is -0.483 e.